The molecule has 0 aliphatic rings. The molecule has 0 radical (unpaired) electrons. The molecule has 0 saturated heterocycles. The van der Waals surface area contributed by atoms with E-state index in [9.17, 15) is 0 Å². The highest BCUT2D eigenvalue weighted by Crippen LogP contribution is 2.36. The number of aryl methyl sites for hydroxylation is 1. The molecule has 2 aromatic heterocycles. The Bertz CT molecular complexity index is 1080. The summed E-state index contributed by atoms with van der Waals surface area (Å²) in [6, 6.07) is 16.0. The first-order chi connectivity index (χ1) is 14.2. The van der Waals surface area contributed by atoms with Crippen LogP contribution in [0, 0.1) is 0 Å². The third-order valence-corrected chi connectivity index (χ3v) is 6.37. The molecular weight excluding hydrogens is 402 g/mol. The standard InChI is InChI=1S/C22H21N3O2S2/c1-4-19-20(14-8-6-5-7-9-14)25-21(29-19)18-13-28-22(24-18)23-15-10-16(26-2)12-17(11-15)27-3/h5-13H,4H2,1-3H3,(H,23,24). The van der Waals surface area contributed by atoms with Crippen molar-refractivity contribution in [2.75, 3.05) is 19.5 Å². The van der Waals surface area contributed by atoms with Crippen LogP contribution in [0.4, 0.5) is 10.8 Å². The number of benzene rings is 2. The van der Waals surface area contributed by atoms with Gasteiger partial charge in [-0.05, 0) is 6.42 Å². The molecule has 2 aromatic carbocycles. The lowest BCUT2D eigenvalue weighted by atomic mass is 10.1. The van der Waals surface area contributed by atoms with Crippen molar-refractivity contribution in [1.82, 2.24) is 9.97 Å². The minimum Gasteiger partial charge on any atom is -0.497 e. The SMILES string of the molecule is CCc1sc(-c2csc(Nc3cc(OC)cc(OC)c3)n2)nc1-c1ccccc1. The second-order valence-electron chi connectivity index (χ2n) is 6.27. The number of hydrogen-bond donors (Lipinski definition) is 1. The molecule has 5 nitrogen and oxygen atoms in total. The van der Waals surface area contributed by atoms with E-state index < -0.39 is 0 Å². The maximum Gasteiger partial charge on any atom is 0.187 e. The molecule has 0 bridgehead atoms. The first-order valence-electron chi connectivity index (χ1n) is 9.21. The van der Waals surface area contributed by atoms with E-state index in [0.29, 0.717) is 0 Å². The summed E-state index contributed by atoms with van der Waals surface area (Å²) in [4.78, 5) is 10.9. The Kier molecular flexibility index (Phi) is 5.78. The molecule has 2 heterocycles. The molecular formula is C22H21N3O2S2. The van der Waals surface area contributed by atoms with Crippen molar-refractivity contribution in [3.8, 4) is 33.5 Å². The van der Waals surface area contributed by atoms with Crippen LogP contribution in [0.15, 0.2) is 53.9 Å². The summed E-state index contributed by atoms with van der Waals surface area (Å²) in [7, 11) is 3.27. The van der Waals surface area contributed by atoms with E-state index in [1.807, 2.05) is 41.8 Å². The highest BCUT2D eigenvalue weighted by Gasteiger charge is 2.15. The molecule has 0 spiro atoms. The molecule has 0 fully saturated rings. The Labute approximate surface area is 178 Å². The topological polar surface area (TPSA) is 56.3 Å². The maximum atomic E-state index is 5.33. The normalized spacial score (nSPS) is 10.7. The van der Waals surface area contributed by atoms with E-state index in [2.05, 4.69) is 24.4 Å². The van der Waals surface area contributed by atoms with Gasteiger partial charge in [0.05, 0.1) is 19.9 Å². The summed E-state index contributed by atoms with van der Waals surface area (Å²) < 4.78 is 10.7. The predicted molar refractivity (Wildman–Crippen MR) is 121 cm³/mol. The first kappa shape index (κ1) is 19.4. The van der Waals surface area contributed by atoms with Gasteiger partial charge in [0.25, 0.3) is 0 Å². The molecule has 4 rings (SSSR count). The van der Waals surface area contributed by atoms with Crippen LogP contribution in [0.2, 0.25) is 0 Å². The van der Waals surface area contributed by atoms with Crippen molar-refractivity contribution in [2.24, 2.45) is 0 Å². The minimum atomic E-state index is 0.726. The number of methoxy groups -OCH3 is 2. The predicted octanol–water partition coefficient (Wildman–Crippen LogP) is 6.26. The van der Waals surface area contributed by atoms with Crippen molar-refractivity contribution < 1.29 is 9.47 Å². The Balaban J connectivity index is 1.61. The fourth-order valence-electron chi connectivity index (χ4n) is 2.95. The van der Waals surface area contributed by atoms with E-state index >= 15 is 0 Å². The molecule has 0 atom stereocenters. The van der Waals surface area contributed by atoms with Crippen molar-refractivity contribution in [2.45, 2.75) is 13.3 Å². The second-order valence-corrected chi connectivity index (χ2v) is 8.22. The molecule has 0 aliphatic heterocycles. The number of nitrogens with one attached hydrogen (secondary N) is 1. The number of rotatable bonds is 7. The van der Waals surface area contributed by atoms with Gasteiger partial charge in [-0.3, -0.25) is 0 Å². The van der Waals surface area contributed by atoms with Crippen LogP contribution < -0.4 is 14.8 Å². The summed E-state index contributed by atoms with van der Waals surface area (Å²) in [5.74, 6) is 1.45. The Hall–Kier alpha value is -2.90. The lowest BCUT2D eigenvalue weighted by Gasteiger charge is -2.08. The summed E-state index contributed by atoms with van der Waals surface area (Å²) in [6.45, 7) is 2.16. The number of hydrogen-bond acceptors (Lipinski definition) is 7. The van der Waals surface area contributed by atoms with E-state index in [-0.39, 0.29) is 0 Å². The van der Waals surface area contributed by atoms with Gasteiger partial charge in [-0.15, -0.1) is 22.7 Å². The van der Waals surface area contributed by atoms with Crippen molar-refractivity contribution in [3.05, 3.63) is 58.8 Å². The van der Waals surface area contributed by atoms with Crippen molar-refractivity contribution >= 4 is 33.5 Å². The van der Waals surface area contributed by atoms with Crippen LogP contribution in [-0.2, 0) is 6.42 Å². The van der Waals surface area contributed by atoms with E-state index in [0.717, 1.165) is 50.7 Å². The molecule has 29 heavy (non-hydrogen) atoms. The monoisotopic (exact) mass is 423 g/mol. The summed E-state index contributed by atoms with van der Waals surface area (Å²) in [6.07, 6.45) is 0.945. The second kappa shape index (κ2) is 8.63. The quantitative estimate of drug-likeness (QED) is 0.380. The zero-order valence-corrected chi connectivity index (χ0v) is 18.1. The fraction of sp³-hybridized carbons (Fsp3) is 0.182. The highest BCUT2D eigenvalue weighted by atomic mass is 32.1. The van der Waals surface area contributed by atoms with Crippen LogP contribution in [0.1, 0.15) is 11.8 Å². The van der Waals surface area contributed by atoms with E-state index in [1.54, 1.807) is 36.9 Å². The molecule has 4 aromatic rings. The van der Waals surface area contributed by atoms with Crippen molar-refractivity contribution in [3.63, 3.8) is 0 Å². The van der Waals surface area contributed by atoms with Gasteiger partial charge < -0.3 is 14.8 Å². The zero-order valence-electron chi connectivity index (χ0n) is 16.4. The van der Waals surface area contributed by atoms with Gasteiger partial charge in [0.2, 0.25) is 0 Å². The van der Waals surface area contributed by atoms with Gasteiger partial charge in [-0.1, -0.05) is 37.3 Å². The largest absolute Gasteiger partial charge is 0.497 e. The lowest BCUT2D eigenvalue weighted by molar-refractivity contribution is 0.395. The summed E-state index contributed by atoms with van der Waals surface area (Å²) >= 11 is 3.25. The van der Waals surface area contributed by atoms with Gasteiger partial charge in [0, 0.05) is 39.7 Å². The van der Waals surface area contributed by atoms with Crippen LogP contribution in [0.5, 0.6) is 11.5 Å². The summed E-state index contributed by atoms with van der Waals surface area (Å²) in [5.41, 5.74) is 3.94. The van der Waals surface area contributed by atoms with Gasteiger partial charge in [0.15, 0.2) is 5.13 Å². The number of thiazole rings is 2. The highest BCUT2D eigenvalue weighted by molar-refractivity contribution is 7.17. The van der Waals surface area contributed by atoms with Crippen LogP contribution in [0.25, 0.3) is 22.0 Å². The number of ether oxygens (including phenoxy) is 2. The molecule has 0 saturated carbocycles. The van der Waals surface area contributed by atoms with Gasteiger partial charge >= 0.3 is 0 Å². The zero-order chi connectivity index (χ0) is 20.2. The molecule has 7 heteroatoms. The molecule has 0 unspecified atom stereocenters. The minimum absolute atomic E-state index is 0.726. The average Bonchev–Trinajstić information content (AvgIpc) is 3.41. The Morgan fingerprint density at radius 3 is 2.34 bits per heavy atom. The first-order valence-corrected chi connectivity index (χ1v) is 10.9. The van der Waals surface area contributed by atoms with Gasteiger partial charge in [-0.25, -0.2) is 9.97 Å². The molecule has 148 valence electrons. The van der Waals surface area contributed by atoms with Gasteiger partial charge in [0.1, 0.15) is 22.2 Å². The third-order valence-electron chi connectivity index (χ3n) is 4.39. The number of anilines is 2. The Morgan fingerprint density at radius 2 is 1.69 bits per heavy atom. The molecule has 0 amide bonds. The smallest absolute Gasteiger partial charge is 0.187 e. The number of aromatic nitrogens is 2. The Morgan fingerprint density at radius 1 is 0.966 bits per heavy atom. The van der Waals surface area contributed by atoms with Crippen LogP contribution >= 0.6 is 22.7 Å². The van der Waals surface area contributed by atoms with E-state index in [4.69, 9.17) is 19.4 Å². The summed E-state index contributed by atoms with van der Waals surface area (Å²) in [5, 5.41) is 7.10. The maximum absolute atomic E-state index is 5.33. The van der Waals surface area contributed by atoms with Crippen LogP contribution in [-0.4, -0.2) is 24.2 Å². The number of nitrogens with zero attached hydrogens (tertiary/aromatic N) is 2. The molecule has 0 aliphatic carbocycles. The molecule has 1 N–H and O–H groups in total. The van der Waals surface area contributed by atoms with E-state index in [1.165, 1.54) is 4.88 Å². The van der Waals surface area contributed by atoms with Crippen molar-refractivity contribution in [1.29, 1.82) is 0 Å². The lowest BCUT2D eigenvalue weighted by Crippen LogP contribution is -1.93. The van der Waals surface area contributed by atoms with Crippen LogP contribution in [0.3, 0.4) is 0 Å². The van der Waals surface area contributed by atoms with Gasteiger partial charge in [-0.2, -0.15) is 0 Å². The average molecular weight is 424 g/mol. The third kappa shape index (κ3) is 4.26. The fourth-order valence-corrected chi connectivity index (χ4v) is 4.73.